The van der Waals surface area contributed by atoms with Crippen molar-refractivity contribution in [2.45, 2.75) is 37.5 Å². The van der Waals surface area contributed by atoms with E-state index in [0.717, 1.165) is 29.2 Å². The molecule has 0 spiro atoms. The Bertz CT molecular complexity index is 830. The lowest BCUT2D eigenvalue weighted by Gasteiger charge is -2.22. The second-order valence-electron chi connectivity index (χ2n) is 7.67. The van der Waals surface area contributed by atoms with Crippen LogP contribution < -0.4 is 19.5 Å². The zero-order valence-corrected chi connectivity index (χ0v) is 16.6. The maximum Gasteiger partial charge on any atom is 0.133 e. The second-order valence-corrected chi connectivity index (χ2v) is 9.77. The monoisotopic (exact) mass is 368 g/mol. The molecule has 2 aliphatic carbocycles. The Balaban J connectivity index is 1.82. The molecule has 1 heterocycles. The summed E-state index contributed by atoms with van der Waals surface area (Å²) in [6.45, 7) is 2.30. The van der Waals surface area contributed by atoms with Crippen molar-refractivity contribution in [3.63, 3.8) is 0 Å². The summed E-state index contributed by atoms with van der Waals surface area (Å²) in [4.78, 5) is 0. The Morgan fingerprint density at radius 1 is 0.962 bits per heavy atom. The Hall–Kier alpha value is -1.73. The van der Waals surface area contributed by atoms with Gasteiger partial charge in [-0.2, -0.15) is 0 Å². The molecular weight excluding hydrogens is 343 g/mol. The van der Waals surface area contributed by atoms with Crippen molar-refractivity contribution < 1.29 is 14.2 Å². The van der Waals surface area contributed by atoms with E-state index in [9.17, 15) is 0 Å². The molecule has 0 radical (unpaired) electrons. The van der Waals surface area contributed by atoms with Crippen molar-refractivity contribution in [2.75, 3.05) is 27.2 Å². The summed E-state index contributed by atoms with van der Waals surface area (Å²) < 4.78 is 18.0. The summed E-state index contributed by atoms with van der Waals surface area (Å²) in [5.41, 5.74) is 5.15. The maximum atomic E-state index is 6.01. The van der Waals surface area contributed by atoms with Crippen LogP contribution in [0, 0.1) is 0 Å². The average Bonchev–Trinajstić information content (AvgIpc) is 3.58. The first kappa shape index (κ1) is 16.4. The van der Waals surface area contributed by atoms with Gasteiger partial charge in [0.2, 0.25) is 0 Å². The molecule has 0 N–H and O–H groups in total. The largest absolute Gasteiger partial charge is 0.496 e. The SMILES string of the molecule is COc1c(C2CC2)cc(C2CC2)c(OC)c1-c1cccc2c1[P@](C)CO2. The van der Waals surface area contributed by atoms with Gasteiger partial charge in [-0.3, -0.25) is 0 Å². The van der Waals surface area contributed by atoms with E-state index in [1.807, 2.05) is 0 Å². The summed E-state index contributed by atoms with van der Waals surface area (Å²) in [5, 5.41) is 1.36. The number of fused-ring (bicyclic) bond motifs is 1. The van der Waals surface area contributed by atoms with Gasteiger partial charge in [-0.1, -0.05) is 12.1 Å². The fourth-order valence-corrected chi connectivity index (χ4v) is 5.81. The Morgan fingerprint density at radius 3 is 2.12 bits per heavy atom. The summed E-state index contributed by atoms with van der Waals surface area (Å²) in [7, 11) is 3.29. The van der Waals surface area contributed by atoms with Crippen LogP contribution in [0.5, 0.6) is 17.2 Å². The molecule has 0 saturated heterocycles. The van der Waals surface area contributed by atoms with Gasteiger partial charge in [0.05, 0.1) is 19.8 Å². The topological polar surface area (TPSA) is 27.7 Å². The first-order valence-corrected chi connectivity index (χ1v) is 11.5. The number of benzene rings is 2. The normalized spacial score (nSPS) is 21.3. The number of ether oxygens (including phenoxy) is 3. The van der Waals surface area contributed by atoms with Crippen LogP contribution in [0.15, 0.2) is 24.3 Å². The highest BCUT2D eigenvalue weighted by Gasteiger charge is 2.37. The number of rotatable bonds is 5. The van der Waals surface area contributed by atoms with E-state index in [-0.39, 0.29) is 7.92 Å². The van der Waals surface area contributed by atoms with Crippen LogP contribution in [0.2, 0.25) is 0 Å². The van der Waals surface area contributed by atoms with Gasteiger partial charge in [0.15, 0.2) is 0 Å². The maximum absolute atomic E-state index is 6.01. The predicted molar refractivity (Wildman–Crippen MR) is 107 cm³/mol. The summed E-state index contributed by atoms with van der Waals surface area (Å²) >= 11 is 0. The van der Waals surface area contributed by atoms with E-state index in [4.69, 9.17) is 14.2 Å². The van der Waals surface area contributed by atoms with Crippen molar-refractivity contribution in [3.05, 3.63) is 35.4 Å². The zero-order valence-electron chi connectivity index (χ0n) is 15.7. The van der Waals surface area contributed by atoms with E-state index in [1.54, 1.807) is 14.2 Å². The van der Waals surface area contributed by atoms with Crippen LogP contribution in [-0.4, -0.2) is 27.2 Å². The van der Waals surface area contributed by atoms with Gasteiger partial charge < -0.3 is 14.2 Å². The lowest BCUT2D eigenvalue weighted by molar-refractivity contribution is 0.391. The van der Waals surface area contributed by atoms with Crippen molar-refractivity contribution in [2.24, 2.45) is 0 Å². The van der Waals surface area contributed by atoms with Crippen molar-refractivity contribution in [1.29, 1.82) is 0 Å². The number of methoxy groups -OCH3 is 2. The van der Waals surface area contributed by atoms with Crippen LogP contribution in [0.25, 0.3) is 11.1 Å². The highest BCUT2D eigenvalue weighted by atomic mass is 31.1. The lowest BCUT2D eigenvalue weighted by Crippen LogP contribution is -2.07. The molecule has 3 aliphatic rings. The minimum atomic E-state index is -0.312. The van der Waals surface area contributed by atoms with Gasteiger partial charge in [-0.15, -0.1) is 0 Å². The number of hydrogen-bond acceptors (Lipinski definition) is 3. The van der Waals surface area contributed by atoms with E-state index < -0.39 is 0 Å². The molecule has 136 valence electrons. The molecule has 0 amide bonds. The van der Waals surface area contributed by atoms with E-state index >= 15 is 0 Å². The summed E-state index contributed by atoms with van der Waals surface area (Å²) in [5.74, 6) is 4.34. The molecule has 2 saturated carbocycles. The summed E-state index contributed by atoms with van der Waals surface area (Å²) in [6, 6.07) is 8.79. The predicted octanol–water partition coefficient (Wildman–Crippen LogP) is 5.21. The fourth-order valence-electron chi connectivity index (χ4n) is 4.24. The Morgan fingerprint density at radius 2 is 1.58 bits per heavy atom. The van der Waals surface area contributed by atoms with Crippen LogP contribution in [0.1, 0.15) is 48.6 Å². The van der Waals surface area contributed by atoms with E-state index in [2.05, 4.69) is 30.9 Å². The van der Waals surface area contributed by atoms with Gasteiger partial charge in [-0.05, 0) is 75.4 Å². The molecule has 0 unspecified atom stereocenters. The minimum absolute atomic E-state index is 0.312. The van der Waals surface area contributed by atoms with Crippen molar-refractivity contribution in [3.8, 4) is 28.4 Å². The zero-order chi connectivity index (χ0) is 17.8. The van der Waals surface area contributed by atoms with Crippen molar-refractivity contribution >= 4 is 13.2 Å². The first-order chi connectivity index (χ1) is 12.7. The minimum Gasteiger partial charge on any atom is -0.496 e. The van der Waals surface area contributed by atoms with E-state index in [0.29, 0.717) is 11.8 Å². The molecule has 2 aromatic rings. The van der Waals surface area contributed by atoms with Gasteiger partial charge in [0.1, 0.15) is 23.6 Å². The molecule has 1 atom stereocenters. The quantitative estimate of drug-likeness (QED) is 0.678. The molecule has 26 heavy (non-hydrogen) atoms. The molecular formula is C22H25O3P. The molecule has 3 nitrogen and oxygen atoms in total. The lowest BCUT2D eigenvalue weighted by atomic mass is 9.92. The van der Waals surface area contributed by atoms with Gasteiger partial charge >= 0.3 is 0 Å². The molecule has 0 bridgehead atoms. The smallest absolute Gasteiger partial charge is 0.133 e. The van der Waals surface area contributed by atoms with Crippen LogP contribution >= 0.6 is 7.92 Å². The highest BCUT2D eigenvalue weighted by molar-refractivity contribution is 7.65. The number of hydrogen-bond donors (Lipinski definition) is 0. The van der Waals surface area contributed by atoms with Gasteiger partial charge in [0, 0.05) is 10.9 Å². The molecule has 0 aromatic heterocycles. The molecule has 4 heteroatoms. The Kier molecular flexibility index (Phi) is 3.90. The molecule has 2 fully saturated rings. The van der Waals surface area contributed by atoms with Crippen LogP contribution in [0.3, 0.4) is 0 Å². The standard InChI is InChI=1S/C22H25O3P/c1-23-20-16(13-7-8-13)11-17(14-9-10-14)21(24-2)19(20)15-5-4-6-18-22(15)26(3)12-25-18/h4-6,11,13-14H,7-10,12H2,1-3H3/t26-/m1/s1. The highest BCUT2D eigenvalue weighted by Crippen LogP contribution is 2.57. The first-order valence-electron chi connectivity index (χ1n) is 9.49. The second kappa shape index (κ2) is 6.16. The average molecular weight is 368 g/mol. The van der Waals surface area contributed by atoms with Gasteiger partial charge in [-0.25, -0.2) is 0 Å². The Labute approximate surface area is 156 Å². The third-order valence-electron chi connectivity index (χ3n) is 5.80. The molecule has 2 aromatic carbocycles. The van der Waals surface area contributed by atoms with Gasteiger partial charge in [0.25, 0.3) is 0 Å². The molecule has 5 rings (SSSR count). The van der Waals surface area contributed by atoms with Crippen molar-refractivity contribution in [1.82, 2.24) is 0 Å². The van der Waals surface area contributed by atoms with E-state index in [1.165, 1.54) is 47.7 Å². The summed E-state index contributed by atoms with van der Waals surface area (Å²) in [6.07, 6.45) is 5.88. The third-order valence-corrected chi connectivity index (χ3v) is 7.54. The third kappa shape index (κ3) is 2.52. The van der Waals surface area contributed by atoms with Crippen LogP contribution in [0.4, 0.5) is 0 Å². The van der Waals surface area contributed by atoms with Crippen LogP contribution in [-0.2, 0) is 0 Å². The fraction of sp³-hybridized carbons (Fsp3) is 0.455. The molecule has 1 aliphatic heterocycles.